The van der Waals surface area contributed by atoms with Crippen LogP contribution in [0, 0.1) is 17.8 Å². The molecular weight excluding hydrogens is 418 g/mol. The number of rotatable bonds is 6. The van der Waals surface area contributed by atoms with Crippen molar-refractivity contribution in [2.24, 2.45) is 5.92 Å². The number of hydrogen-bond acceptors (Lipinski definition) is 4. The zero-order valence-corrected chi connectivity index (χ0v) is 21.5. The average molecular weight is 458 g/mol. The van der Waals surface area contributed by atoms with Crippen LogP contribution in [0.1, 0.15) is 64.0 Å². The first-order chi connectivity index (χ1) is 16.3. The molecule has 0 atom stereocenters. The molecule has 1 aromatic carbocycles. The van der Waals surface area contributed by atoms with Gasteiger partial charge in [0.05, 0.1) is 30.3 Å². The monoisotopic (exact) mass is 457 g/mol. The van der Waals surface area contributed by atoms with Gasteiger partial charge in [0.2, 0.25) is 0 Å². The highest BCUT2D eigenvalue weighted by Crippen LogP contribution is 2.25. The first kappa shape index (κ1) is 24.3. The molecule has 1 aliphatic heterocycles. The van der Waals surface area contributed by atoms with E-state index in [4.69, 9.17) is 0 Å². The third-order valence-corrected chi connectivity index (χ3v) is 6.88. The van der Waals surface area contributed by atoms with Gasteiger partial charge < -0.3 is 14.8 Å². The van der Waals surface area contributed by atoms with E-state index in [-0.39, 0.29) is 5.41 Å². The molecule has 1 saturated heterocycles. The Labute approximate surface area is 205 Å². The lowest BCUT2D eigenvalue weighted by atomic mass is 9.90. The van der Waals surface area contributed by atoms with Crippen molar-refractivity contribution < 1.29 is 0 Å². The highest BCUT2D eigenvalue weighted by atomic mass is 15.1. The first-order valence-electron chi connectivity index (χ1n) is 12.7. The molecule has 1 N–H and O–H groups in total. The number of aromatic nitrogens is 3. The predicted molar refractivity (Wildman–Crippen MR) is 142 cm³/mol. The molecular formula is C29H39N5. The van der Waals surface area contributed by atoms with Gasteiger partial charge in [0, 0.05) is 22.9 Å². The third kappa shape index (κ3) is 5.98. The molecule has 0 radical (unpaired) electrons. The fraction of sp³-hybridized carbons (Fsp3) is 0.517. The second kappa shape index (κ2) is 10.6. The van der Waals surface area contributed by atoms with Gasteiger partial charge in [-0.05, 0) is 88.3 Å². The van der Waals surface area contributed by atoms with E-state index in [9.17, 15) is 0 Å². The molecule has 3 heterocycles. The Morgan fingerprint density at radius 3 is 2.50 bits per heavy atom. The molecule has 5 nitrogen and oxygen atoms in total. The number of fused-ring (bicyclic) bond motifs is 1. The maximum absolute atomic E-state index is 4.47. The number of hydrogen-bond donors (Lipinski definition) is 1. The quantitative estimate of drug-likeness (QED) is 0.498. The Morgan fingerprint density at radius 2 is 1.82 bits per heavy atom. The van der Waals surface area contributed by atoms with E-state index >= 15 is 0 Å². The number of nitrogens with one attached hydrogen (secondary N) is 1. The average Bonchev–Trinajstić information content (AvgIpc) is 3.17. The second-order valence-electron chi connectivity index (χ2n) is 10.7. The Balaban J connectivity index is 1.39. The van der Waals surface area contributed by atoms with Crippen LogP contribution in [0.25, 0.3) is 10.9 Å². The molecule has 5 heteroatoms. The van der Waals surface area contributed by atoms with Gasteiger partial charge in [-0.15, -0.1) is 0 Å². The molecule has 34 heavy (non-hydrogen) atoms. The number of anilines is 1. The van der Waals surface area contributed by atoms with Gasteiger partial charge >= 0.3 is 0 Å². The molecule has 0 bridgehead atoms. The first-order valence-corrected chi connectivity index (χ1v) is 12.7. The fourth-order valence-electron chi connectivity index (χ4n) is 4.73. The maximum Gasteiger partial charge on any atom is 0.133 e. The maximum atomic E-state index is 4.47. The summed E-state index contributed by atoms with van der Waals surface area (Å²) in [6, 6.07) is 9.20. The van der Waals surface area contributed by atoms with Crippen molar-refractivity contribution in [1.82, 2.24) is 19.4 Å². The van der Waals surface area contributed by atoms with Crippen LogP contribution in [0.3, 0.4) is 0 Å². The summed E-state index contributed by atoms with van der Waals surface area (Å²) in [5.74, 6) is 8.37. The molecule has 0 unspecified atom stereocenters. The van der Waals surface area contributed by atoms with Gasteiger partial charge in [-0.2, -0.15) is 0 Å². The van der Waals surface area contributed by atoms with Crippen LogP contribution in [-0.4, -0.2) is 46.1 Å². The summed E-state index contributed by atoms with van der Waals surface area (Å²) in [5, 5.41) is 4.61. The van der Waals surface area contributed by atoms with E-state index in [1.807, 2.05) is 12.4 Å². The Hall–Kier alpha value is -2.84. The van der Waals surface area contributed by atoms with E-state index < -0.39 is 0 Å². The van der Waals surface area contributed by atoms with Crippen molar-refractivity contribution in [2.75, 3.05) is 32.0 Å². The summed E-state index contributed by atoms with van der Waals surface area (Å²) in [7, 11) is 2.23. The van der Waals surface area contributed by atoms with E-state index in [2.05, 4.69) is 95.6 Å². The summed E-state index contributed by atoms with van der Waals surface area (Å²) in [6.07, 6.45) is 8.82. The molecule has 4 rings (SSSR count). The normalized spacial score (nSPS) is 15.3. The van der Waals surface area contributed by atoms with Crippen LogP contribution < -0.4 is 5.32 Å². The number of piperidine rings is 1. The molecule has 0 aliphatic carbocycles. The summed E-state index contributed by atoms with van der Waals surface area (Å²) in [5.41, 5.74) is 4.64. The summed E-state index contributed by atoms with van der Waals surface area (Å²) >= 11 is 0. The van der Waals surface area contributed by atoms with E-state index in [0.29, 0.717) is 6.54 Å². The van der Waals surface area contributed by atoms with Gasteiger partial charge in [-0.1, -0.05) is 32.8 Å². The van der Waals surface area contributed by atoms with Gasteiger partial charge in [0.25, 0.3) is 0 Å². The van der Waals surface area contributed by atoms with Crippen molar-refractivity contribution in [2.45, 2.75) is 65.3 Å². The van der Waals surface area contributed by atoms with Crippen molar-refractivity contribution in [1.29, 1.82) is 0 Å². The minimum atomic E-state index is -0.0430. The van der Waals surface area contributed by atoms with Gasteiger partial charge in [-0.3, -0.25) is 0 Å². The lowest BCUT2D eigenvalue weighted by Crippen LogP contribution is -2.30. The molecule has 1 aliphatic rings. The highest BCUT2D eigenvalue weighted by Gasteiger charge is 2.17. The molecule has 3 aromatic rings. The smallest absolute Gasteiger partial charge is 0.133 e. The van der Waals surface area contributed by atoms with Crippen LogP contribution in [-0.2, 0) is 18.4 Å². The highest BCUT2D eigenvalue weighted by molar-refractivity contribution is 5.83. The molecule has 1 fully saturated rings. The van der Waals surface area contributed by atoms with Gasteiger partial charge in [-0.25, -0.2) is 9.97 Å². The molecule has 180 valence electrons. The fourth-order valence-corrected chi connectivity index (χ4v) is 4.73. The SMILES string of the molecule is CCn1c(C#CCNc2cnc(C(C)(C)C)nc2)cc2cc(CCC3CCN(C)CC3)ccc21. The van der Waals surface area contributed by atoms with Crippen LogP contribution >= 0.6 is 0 Å². The van der Waals surface area contributed by atoms with E-state index in [1.165, 1.54) is 55.2 Å². The second-order valence-corrected chi connectivity index (χ2v) is 10.7. The lowest BCUT2D eigenvalue weighted by molar-refractivity contribution is 0.212. The Morgan fingerprint density at radius 1 is 1.09 bits per heavy atom. The number of likely N-dealkylation sites (tertiary alicyclic amines) is 1. The van der Waals surface area contributed by atoms with Crippen molar-refractivity contribution in [3.8, 4) is 11.8 Å². The van der Waals surface area contributed by atoms with Gasteiger partial charge in [0.1, 0.15) is 5.82 Å². The predicted octanol–water partition coefficient (Wildman–Crippen LogP) is 5.49. The minimum Gasteiger partial charge on any atom is -0.372 e. The topological polar surface area (TPSA) is 46.0 Å². The molecule has 0 amide bonds. The Bertz CT molecular complexity index is 1150. The van der Waals surface area contributed by atoms with Crippen molar-refractivity contribution in [3.05, 3.63) is 53.7 Å². The number of nitrogens with zero attached hydrogens (tertiary/aromatic N) is 4. The standard InChI is InChI=1S/C29H39N5/c1-6-34-26(8-7-15-30-25-20-31-28(32-21-25)29(2,3)4)19-24-18-23(11-12-27(24)34)10-9-22-13-16-33(5)17-14-22/h11-12,18-22,30H,6,9-10,13-17H2,1-5H3. The largest absolute Gasteiger partial charge is 0.372 e. The Kier molecular flexibility index (Phi) is 7.58. The van der Waals surface area contributed by atoms with Crippen LogP contribution in [0.4, 0.5) is 5.69 Å². The van der Waals surface area contributed by atoms with Crippen molar-refractivity contribution in [3.63, 3.8) is 0 Å². The van der Waals surface area contributed by atoms with Crippen molar-refractivity contribution >= 4 is 16.6 Å². The molecule has 0 spiro atoms. The molecule has 2 aromatic heterocycles. The third-order valence-electron chi connectivity index (χ3n) is 6.88. The number of aryl methyl sites for hydroxylation is 2. The minimum absolute atomic E-state index is 0.0430. The van der Waals surface area contributed by atoms with E-state index in [0.717, 1.165) is 29.7 Å². The van der Waals surface area contributed by atoms with Gasteiger partial charge in [0.15, 0.2) is 0 Å². The number of benzene rings is 1. The summed E-state index contributed by atoms with van der Waals surface area (Å²) < 4.78 is 2.31. The molecule has 0 saturated carbocycles. The summed E-state index contributed by atoms with van der Waals surface area (Å²) in [6.45, 7) is 12.5. The lowest BCUT2D eigenvalue weighted by Gasteiger charge is -2.28. The van der Waals surface area contributed by atoms with Crippen LogP contribution in [0.5, 0.6) is 0 Å². The van der Waals surface area contributed by atoms with E-state index in [1.54, 1.807) is 0 Å². The summed E-state index contributed by atoms with van der Waals surface area (Å²) in [4.78, 5) is 11.4. The zero-order chi connectivity index (χ0) is 24.1. The van der Waals surface area contributed by atoms with Crippen LogP contribution in [0.2, 0.25) is 0 Å². The zero-order valence-electron chi connectivity index (χ0n) is 21.5. The van der Waals surface area contributed by atoms with Crippen LogP contribution in [0.15, 0.2) is 36.7 Å².